The van der Waals surface area contributed by atoms with Crippen molar-refractivity contribution >= 4 is 11.0 Å². The van der Waals surface area contributed by atoms with Crippen LogP contribution >= 0.6 is 0 Å². The average molecular weight is 293 g/mol. The summed E-state index contributed by atoms with van der Waals surface area (Å²) < 4.78 is 0. The van der Waals surface area contributed by atoms with Gasteiger partial charge in [-0.2, -0.15) is 0 Å². The van der Waals surface area contributed by atoms with E-state index < -0.39 is 5.60 Å². The number of imidazole rings is 1. The molecule has 2 rings (SSSR count). The van der Waals surface area contributed by atoms with Gasteiger partial charge in [0, 0.05) is 13.1 Å². The summed E-state index contributed by atoms with van der Waals surface area (Å²) in [4.78, 5) is 7.58. The number of H-pyrrole nitrogens is 1. The molecular formula is C17H31N3O. The molecular weight excluding hydrogens is 262 g/mol. The van der Waals surface area contributed by atoms with Gasteiger partial charge in [0.15, 0.2) is 0 Å². The molecule has 0 radical (unpaired) electrons. The van der Waals surface area contributed by atoms with Crippen LogP contribution in [-0.2, 0) is 6.54 Å². The van der Waals surface area contributed by atoms with Crippen molar-refractivity contribution in [3.05, 3.63) is 29.6 Å². The Kier molecular flexibility index (Phi) is 8.90. The largest absolute Gasteiger partial charge is 0.389 e. The lowest BCUT2D eigenvalue weighted by molar-refractivity contribution is 0.0795. The molecule has 1 heterocycles. The number of aromatic amines is 1. The lowest BCUT2D eigenvalue weighted by atomic mass is 10.1. The van der Waals surface area contributed by atoms with E-state index in [-0.39, 0.29) is 0 Å². The normalized spacial score (nSPS) is 10.5. The van der Waals surface area contributed by atoms with Gasteiger partial charge in [-0.05, 0) is 38.5 Å². The number of aliphatic hydroxyl groups is 1. The minimum atomic E-state index is -0.672. The fourth-order valence-electron chi connectivity index (χ4n) is 1.81. The first-order chi connectivity index (χ1) is 9.94. The maximum atomic E-state index is 9.59. The molecule has 0 amide bonds. The number of fused-ring (bicyclic) bond motifs is 1. The molecule has 0 fully saturated rings. The second kappa shape index (κ2) is 9.53. The highest BCUT2D eigenvalue weighted by molar-refractivity contribution is 5.75. The Morgan fingerprint density at radius 1 is 1.19 bits per heavy atom. The fraction of sp³-hybridized carbons (Fsp3) is 0.588. The predicted molar refractivity (Wildman–Crippen MR) is 91.5 cm³/mol. The molecule has 120 valence electrons. The van der Waals surface area contributed by atoms with Crippen LogP contribution in [0.3, 0.4) is 0 Å². The van der Waals surface area contributed by atoms with E-state index >= 15 is 0 Å². The highest BCUT2D eigenvalue weighted by atomic mass is 16.3. The predicted octanol–water partition coefficient (Wildman–Crippen LogP) is 3.78. The molecule has 0 unspecified atom stereocenters. The Bertz CT molecular complexity index is 512. The minimum Gasteiger partial charge on any atom is -0.389 e. The first kappa shape index (κ1) is 19.6. The zero-order chi connectivity index (χ0) is 16.5. The van der Waals surface area contributed by atoms with E-state index in [1.165, 1.54) is 5.56 Å². The number of aromatic nitrogens is 2. The van der Waals surface area contributed by atoms with Gasteiger partial charge in [0.1, 0.15) is 5.82 Å². The van der Waals surface area contributed by atoms with Crippen LogP contribution in [0, 0.1) is 6.92 Å². The molecule has 0 saturated heterocycles. The van der Waals surface area contributed by atoms with Gasteiger partial charge in [0.05, 0.1) is 16.6 Å². The number of nitrogens with zero attached hydrogens (tertiary/aromatic N) is 1. The third kappa shape index (κ3) is 7.25. The monoisotopic (exact) mass is 293 g/mol. The van der Waals surface area contributed by atoms with E-state index in [0.717, 1.165) is 23.4 Å². The fourth-order valence-corrected chi connectivity index (χ4v) is 1.81. The SMILES string of the molecule is CC.CC.Cc1nc2ccc(CNCC(C)(C)O)cc2[nH]1. The summed E-state index contributed by atoms with van der Waals surface area (Å²) in [5.41, 5.74) is 2.57. The zero-order valence-corrected chi connectivity index (χ0v) is 14.5. The van der Waals surface area contributed by atoms with Crippen molar-refractivity contribution in [1.82, 2.24) is 15.3 Å². The first-order valence-electron chi connectivity index (χ1n) is 7.82. The van der Waals surface area contributed by atoms with Gasteiger partial charge < -0.3 is 15.4 Å². The quantitative estimate of drug-likeness (QED) is 0.804. The summed E-state index contributed by atoms with van der Waals surface area (Å²) in [5, 5.41) is 12.8. The molecule has 21 heavy (non-hydrogen) atoms. The van der Waals surface area contributed by atoms with Crippen molar-refractivity contribution in [2.45, 2.75) is 60.6 Å². The second-order valence-corrected chi connectivity index (χ2v) is 5.09. The Labute approximate surface area is 129 Å². The summed E-state index contributed by atoms with van der Waals surface area (Å²) in [5.74, 6) is 0.932. The van der Waals surface area contributed by atoms with Gasteiger partial charge in [-0.3, -0.25) is 0 Å². The Morgan fingerprint density at radius 2 is 1.81 bits per heavy atom. The van der Waals surface area contributed by atoms with Crippen molar-refractivity contribution in [2.75, 3.05) is 6.54 Å². The van der Waals surface area contributed by atoms with E-state index in [2.05, 4.69) is 27.4 Å². The summed E-state index contributed by atoms with van der Waals surface area (Å²) in [6.07, 6.45) is 0. The highest BCUT2D eigenvalue weighted by Gasteiger charge is 2.11. The van der Waals surface area contributed by atoms with Crippen LogP contribution in [0.2, 0.25) is 0 Å². The third-order valence-electron chi connectivity index (χ3n) is 2.55. The molecule has 4 heteroatoms. The van der Waals surface area contributed by atoms with Crippen molar-refractivity contribution in [3.8, 4) is 0 Å². The molecule has 0 bridgehead atoms. The molecule has 2 aromatic rings. The molecule has 3 N–H and O–H groups in total. The molecule has 1 aromatic carbocycles. The molecule has 0 spiro atoms. The van der Waals surface area contributed by atoms with E-state index in [1.807, 2.05) is 40.7 Å². The van der Waals surface area contributed by atoms with Gasteiger partial charge in [0.25, 0.3) is 0 Å². The van der Waals surface area contributed by atoms with Gasteiger partial charge in [-0.1, -0.05) is 33.8 Å². The minimum absolute atomic E-state index is 0.576. The van der Waals surface area contributed by atoms with Crippen LogP contribution in [0.25, 0.3) is 11.0 Å². The van der Waals surface area contributed by atoms with Gasteiger partial charge in [-0.25, -0.2) is 4.98 Å². The topological polar surface area (TPSA) is 60.9 Å². The van der Waals surface area contributed by atoms with Crippen LogP contribution in [0.1, 0.15) is 52.9 Å². The second-order valence-electron chi connectivity index (χ2n) is 5.09. The summed E-state index contributed by atoms with van der Waals surface area (Å²) in [6, 6.07) is 6.16. The van der Waals surface area contributed by atoms with Crippen molar-refractivity contribution < 1.29 is 5.11 Å². The standard InChI is InChI=1S/C13H19N3O.2C2H6/c1-9-15-11-5-4-10(6-12(11)16-9)7-14-8-13(2,3)17;2*1-2/h4-6,14,17H,7-8H2,1-3H3,(H,15,16);2*1-2H3. The third-order valence-corrected chi connectivity index (χ3v) is 2.55. The first-order valence-corrected chi connectivity index (χ1v) is 7.82. The molecule has 0 atom stereocenters. The van der Waals surface area contributed by atoms with Crippen molar-refractivity contribution in [1.29, 1.82) is 0 Å². The van der Waals surface area contributed by atoms with Gasteiger partial charge >= 0.3 is 0 Å². The summed E-state index contributed by atoms with van der Waals surface area (Å²) in [6.45, 7) is 14.9. The Balaban J connectivity index is 0.000000921. The van der Waals surface area contributed by atoms with Gasteiger partial charge in [0.2, 0.25) is 0 Å². The van der Waals surface area contributed by atoms with Crippen LogP contribution in [0.5, 0.6) is 0 Å². The number of rotatable bonds is 4. The molecule has 0 aliphatic carbocycles. The molecule has 0 saturated carbocycles. The zero-order valence-electron chi connectivity index (χ0n) is 14.5. The van der Waals surface area contributed by atoms with Crippen LogP contribution in [-0.4, -0.2) is 27.2 Å². The Morgan fingerprint density at radius 3 is 2.38 bits per heavy atom. The maximum absolute atomic E-state index is 9.59. The van der Waals surface area contributed by atoms with Crippen molar-refractivity contribution in [2.24, 2.45) is 0 Å². The van der Waals surface area contributed by atoms with Crippen LogP contribution < -0.4 is 5.32 Å². The van der Waals surface area contributed by atoms with Crippen LogP contribution in [0.4, 0.5) is 0 Å². The molecule has 0 aliphatic heterocycles. The number of hydrogen-bond donors (Lipinski definition) is 3. The molecule has 4 nitrogen and oxygen atoms in total. The van der Waals surface area contributed by atoms with E-state index in [9.17, 15) is 5.11 Å². The molecule has 1 aromatic heterocycles. The summed E-state index contributed by atoms with van der Waals surface area (Å²) in [7, 11) is 0. The molecule has 0 aliphatic rings. The lowest BCUT2D eigenvalue weighted by Gasteiger charge is -2.17. The maximum Gasteiger partial charge on any atom is 0.104 e. The Hall–Kier alpha value is -1.39. The number of hydrogen-bond acceptors (Lipinski definition) is 3. The lowest BCUT2D eigenvalue weighted by Crippen LogP contribution is -2.34. The number of benzene rings is 1. The van der Waals surface area contributed by atoms with E-state index in [4.69, 9.17) is 0 Å². The number of aryl methyl sites for hydroxylation is 1. The summed E-state index contributed by atoms with van der Waals surface area (Å²) >= 11 is 0. The number of nitrogens with one attached hydrogen (secondary N) is 2. The van der Waals surface area contributed by atoms with E-state index in [0.29, 0.717) is 6.54 Å². The highest BCUT2D eigenvalue weighted by Crippen LogP contribution is 2.13. The van der Waals surface area contributed by atoms with E-state index in [1.54, 1.807) is 13.8 Å². The van der Waals surface area contributed by atoms with Crippen LogP contribution in [0.15, 0.2) is 18.2 Å². The average Bonchev–Trinajstić information content (AvgIpc) is 2.81. The van der Waals surface area contributed by atoms with Crippen molar-refractivity contribution in [3.63, 3.8) is 0 Å². The van der Waals surface area contributed by atoms with Gasteiger partial charge in [-0.15, -0.1) is 0 Å². The smallest absolute Gasteiger partial charge is 0.104 e.